The second-order valence-corrected chi connectivity index (χ2v) is 3.77. The molecule has 0 bridgehead atoms. The van der Waals surface area contributed by atoms with Crippen LogP contribution in [0.1, 0.15) is 18.4 Å². The fourth-order valence-corrected chi connectivity index (χ4v) is 1.84. The Balaban J connectivity index is 2.66. The van der Waals surface area contributed by atoms with E-state index >= 15 is 0 Å². The standard InChI is InChI=1S/C12H13NO2/c1-8(12(14)15)9-4-3-5-11-10(9)6-7-13(11)2/h3-8H,1-2H3,(H,14,15). The van der Waals surface area contributed by atoms with Crippen LogP contribution in [0.25, 0.3) is 10.9 Å². The quantitative estimate of drug-likeness (QED) is 0.814. The fraction of sp³-hybridized carbons (Fsp3) is 0.250. The molecule has 0 radical (unpaired) electrons. The minimum Gasteiger partial charge on any atom is -0.481 e. The number of benzene rings is 1. The summed E-state index contributed by atoms with van der Waals surface area (Å²) in [5, 5.41) is 10.0. The highest BCUT2D eigenvalue weighted by molar-refractivity contribution is 5.89. The monoisotopic (exact) mass is 203 g/mol. The second-order valence-electron chi connectivity index (χ2n) is 3.77. The minimum absolute atomic E-state index is 0.462. The molecule has 2 aromatic rings. The van der Waals surface area contributed by atoms with Crippen molar-refractivity contribution in [2.45, 2.75) is 12.8 Å². The molecule has 0 aliphatic heterocycles. The summed E-state index contributed by atoms with van der Waals surface area (Å²) in [6.45, 7) is 1.71. The summed E-state index contributed by atoms with van der Waals surface area (Å²) < 4.78 is 1.99. The van der Waals surface area contributed by atoms with Gasteiger partial charge in [0, 0.05) is 24.1 Å². The van der Waals surface area contributed by atoms with Gasteiger partial charge in [0.25, 0.3) is 0 Å². The summed E-state index contributed by atoms with van der Waals surface area (Å²) in [6.07, 6.45) is 1.95. The van der Waals surface area contributed by atoms with Gasteiger partial charge in [0.2, 0.25) is 0 Å². The lowest BCUT2D eigenvalue weighted by Gasteiger charge is -2.08. The second kappa shape index (κ2) is 3.42. The minimum atomic E-state index is -0.786. The van der Waals surface area contributed by atoms with Crippen LogP contribution in [-0.2, 0) is 11.8 Å². The van der Waals surface area contributed by atoms with Crippen LogP contribution >= 0.6 is 0 Å². The van der Waals surface area contributed by atoms with Gasteiger partial charge < -0.3 is 9.67 Å². The zero-order valence-electron chi connectivity index (χ0n) is 8.77. The van der Waals surface area contributed by atoms with Crippen molar-refractivity contribution in [1.82, 2.24) is 4.57 Å². The summed E-state index contributed by atoms with van der Waals surface area (Å²) in [5.41, 5.74) is 1.95. The van der Waals surface area contributed by atoms with E-state index in [-0.39, 0.29) is 0 Å². The molecule has 0 saturated carbocycles. The Labute approximate surface area is 87.9 Å². The molecule has 2 rings (SSSR count). The first-order chi connectivity index (χ1) is 7.11. The third-order valence-electron chi connectivity index (χ3n) is 2.80. The summed E-state index contributed by atoms with van der Waals surface area (Å²) >= 11 is 0. The Bertz CT molecular complexity index is 513. The van der Waals surface area contributed by atoms with Gasteiger partial charge in [-0.15, -0.1) is 0 Å². The van der Waals surface area contributed by atoms with Gasteiger partial charge in [0.05, 0.1) is 5.92 Å². The molecule has 1 atom stereocenters. The first-order valence-electron chi connectivity index (χ1n) is 4.88. The highest BCUT2D eigenvalue weighted by Gasteiger charge is 2.16. The number of hydrogen-bond acceptors (Lipinski definition) is 1. The van der Waals surface area contributed by atoms with E-state index < -0.39 is 11.9 Å². The SMILES string of the molecule is CC(C(=O)O)c1cccc2c1ccn2C. The first-order valence-corrected chi connectivity index (χ1v) is 4.88. The Hall–Kier alpha value is -1.77. The van der Waals surface area contributed by atoms with E-state index in [1.165, 1.54) is 0 Å². The van der Waals surface area contributed by atoms with Gasteiger partial charge in [-0.25, -0.2) is 0 Å². The number of aliphatic carboxylic acids is 1. The van der Waals surface area contributed by atoms with Crippen molar-refractivity contribution in [2.75, 3.05) is 0 Å². The number of fused-ring (bicyclic) bond motifs is 1. The van der Waals surface area contributed by atoms with Crippen LogP contribution in [0.4, 0.5) is 0 Å². The number of carboxylic acid groups (broad SMARTS) is 1. The van der Waals surface area contributed by atoms with E-state index in [1.54, 1.807) is 6.92 Å². The molecular weight excluding hydrogens is 190 g/mol. The van der Waals surface area contributed by atoms with E-state index in [2.05, 4.69) is 0 Å². The van der Waals surface area contributed by atoms with Gasteiger partial charge in [-0.3, -0.25) is 4.79 Å². The van der Waals surface area contributed by atoms with Gasteiger partial charge in [-0.05, 0) is 24.6 Å². The van der Waals surface area contributed by atoms with E-state index in [9.17, 15) is 4.79 Å². The van der Waals surface area contributed by atoms with Gasteiger partial charge in [-0.2, -0.15) is 0 Å². The molecule has 1 aromatic heterocycles. The fourth-order valence-electron chi connectivity index (χ4n) is 1.84. The van der Waals surface area contributed by atoms with Crippen LogP contribution in [0.2, 0.25) is 0 Å². The highest BCUT2D eigenvalue weighted by Crippen LogP contribution is 2.26. The van der Waals surface area contributed by atoms with E-state index in [1.807, 2.05) is 42.1 Å². The number of carboxylic acids is 1. The van der Waals surface area contributed by atoms with Crippen molar-refractivity contribution >= 4 is 16.9 Å². The molecule has 1 N–H and O–H groups in total. The molecular formula is C12H13NO2. The van der Waals surface area contributed by atoms with Crippen LogP contribution < -0.4 is 0 Å². The predicted octanol–water partition coefficient (Wildman–Crippen LogP) is 2.37. The number of aromatic nitrogens is 1. The summed E-state index contributed by atoms with van der Waals surface area (Å²) in [6, 6.07) is 7.73. The highest BCUT2D eigenvalue weighted by atomic mass is 16.4. The van der Waals surface area contributed by atoms with Crippen molar-refractivity contribution in [1.29, 1.82) is 0 Å². The molecule has 3 nitrogen and oxygen atoms in total. The van der Waals surface area contributed by atoms with Gasteiger partial charge >= 0.3 is 5.97 Å². The van der Waals surface area contributed by atoms with E-state index in [4.69, 9.17) is 5.11 Å². The molecule has 3 heteroatoms. The predicted molar refractivity (Wildman–Crippen MR) is 59.0 cm³/mol. The van der Waals surface area contributed by atoms with Crippen LogP contribution in [0.5, 0.6) is 0 Å². The zero-order chi connectivity index (χ0) is 11.0. The average Bonchev–Trinajstić information content (AvgIpc) is 2.59. The Morgan fingerprint density at radius 1 is 1.40 bits per heavy atom. The molecule has 0 saturated heterocycles. The number of aryl methyl sites for hydroxylation is 1. The number of rotatable bonds is 2. The van der Waals surface area contributed by atoms with Crippen molar-refractivity contribution in [3.8, 4) is 0 Å². The molecule has 1 aromatic carbocycles. The van der Waals surface area contributed by atoms with Crippen LogP contribution in [0, 0.1) is 0 Å². The Morgan fingerprint density at radius 3 is 2.80 bits per heavy atom. The number of hydrogen-bond donors (Lipinski definition) is 1. The number of nitrogens with zero attached hydrogens (tertiary/aromatic N) is 1. The summed E-state index contributed by atoms with van der Waals surface area (Å²) in [4.78, 5) is 10.9. The first kappa shape index (κ1) is 9.77. The molecule has 0 spiro atoms. The topological polar surface area (TPSA) is 42.2 Å². The smallest absolute Gasteiger partial charge is 0.310 e. The summed E-state index contributed by atoms with van der Waals surface area (Å²) in [7, 11) is 1.96. The maximum absolute atomic E-state index is 10.9. The molecule has 1 unspecified atom stereocenters. The van der Waals surface area contributed by atoms with Gasteiger partial charge in [0.1, 0.15) is 0 Å². The van der Waals surface area contributed by atoms with Crippen LogP contribution in [0.3, 0.4) is 0 Å². The van der Waals surface area contributed by atoms with Crippen LogP contribution in [0.15, 0.2) is 30.5 Å². The summed E-state index contributed by atoms with van der Waals surface area (Å²) in [5.74, 6) is -1.25. The van der Waals surface area contributed by atoms with Crippen LogP contribution in [-0.4, -0.2) is 15.6 Å². The van der Waals surface area contributed by atoms with Gasteiger partial charge in [0.15, 0.2) is 0 Å². The third kappa shape index (κ3) is 1.50. The van der Waals surface area contributed by atoms with Crippen molar-refractivity contribution in [3.05, 3.63) is 36.0 Å². The Kier molecular flexibility index (Phi) is 2.23. The molecule has 1 heterocycles. The van der Waals surface area contributed by atoms with E-state index in [0.29, 0.717) is 0 Å². The molecule has 0 aliphatic rings. The van der Waals surface area contributed by atoms with Crippen molar-refractivity contribution < 1.29 is 9.90 Å². The Morgan fingerprint density at radius 2 is 2.13 bits per heavy atom. The molecule has 0 aliphatic carbocycles. The van der Waals surface area contributed by atoms with E-state index in [0.717, 1.165) is 16.5 Å². The molecule has 15 heavy (non-hydrogen) atoms. The molecule has 0 fully saturated rings. The maximum Gasteiger partial charge on any atom is 0.310 e. The normalized spacial score (nSPS) is 12.9. The molecule has 78 valence electrons. The lowest BCUT2D eigenvalue weighted by Crippen LogP contribution is -2.07. The average molecular weight is 203 g/mol. The number of carbonyl (C=O) groups is 1. The zero-order valence-corrected chi connectivity index (χ0v) is 8.77. The third-order valence-corrected chi connectivity index (χ3v) is 2.80. The van der Waals surface area contributed by atoms with Crippen molar-refractivity contribution in [2.24, 2.45) is 7.05 Å². The largest absolute Gasteiger partial charge is 0.481 e. The lowest BCUT2D eigenvalue weighted by molar-refractivity contribution is -0.138. The van der Waals surface area contributed by atoms with Gasteiger partial charge in [-0.1, -0.05) is 12.1 Å². The maximum atomic E-state index is 10.9. The molecule has 0 amide bonds. The van der Waals surface area contributed by atoms with Crippen molar-refractivity contribution in [3.63, 3.8) is 0 Å². The lowest BCUT2D eigenvalue weighted by atomic mass is 9.98.